The van der Waals surface area contributed by atoms with E-state index in [2.05, 4.69) is 5.32 Å². The van der Waals surface area contributed by atoms with Gasteiger partial charge in [0.25, 0.3) is 0 Å². The Labute approximate surface area is 116 Å². The Morgan fingerprint density at radius 1 is 1.35 bits per heavy atom. The van der Waals surface area contributed by atoms with Crippen molar-refractivity contribution in [1.82, 2.24) is 10.2 Å². The van der Waals surface area contributed by atoms with Crippen LogP contribution in [0.1, 0.15) is 32.1 Å². The monoisotopic (exact) mass is 287 g/mol. The molecule has 1 atom stereocenters. The molecule has 5 N–H and O–H groups in total. The number of rotatable bonds is 6. The van der Waals surface area contributed by atoms with E-state index in [1.54, 1.807) is 0 Å². The number of carbonyl (C=O) groups is 3. The Balaban J connectivity index is 2.54. The first-order chi connectivity index (χ1) is 9.23. The fraction of sp³-hybridized carbons (Fsp3) is 0.750. The van der Waals surface area contributed by atoms with Crippen molar-refractivity contribution in [3.63, 3.8) is 0 Å². The quantitative estimate of drug-likeness (QED) is 0.510. The number of nitrogens with zero attached hydrogens (tertiary/aromatic N) is 1. The third-order valence-corrected chi connectivity index (χ3v) is 3.41. The van der Waals surface area contributed by atoms with Crippen LogP contribution in [0.15, 0.2) is 0 Å². The molecule has 1 aliphatic rings. The summed E-state index contributed by atoms with van der Waals surface area (Å²) in [5.41, 5.74) is 4.02. The van der Waals surface area contributed by atoms with Crippen LogP contribution in [0.25, 0.3) is 0 Å². The molecule has 20 heavy (non-hydrogen) atoms. The van der Waals surface area contributed by atoms with Crippen molar-refractivity contribution in [1.29, 1.82) is 0 Å². The molecule has 8 nitrogen and oxygen atoms in total. The highest BCUT2D eigenvalue weighted by atomic mass is 16.4. The van der Waals surface area contributed by atoms with Gasteiger partial charge in [-0.25, -0.2) is 9.59 Å². The molecule has 0 heterocycles. The zero-order chi connectivity index (χ0) is 15.3. The predicted octanol–water partition coefficient (Wildman–Crippen LogP) is -0.738. The topological polar surface area (TPSA) is 133 Å². The van der Waals surface area contributed by atoms with E-state index in [1.807, 2.05) is 0 Å². The lowest BCUT2D eigenvalue weighted by Crippen LogP contribution is -2.51. The average Bonchev–Trinajstić information content (AvgIpc) is 2.73. The van der Waals surface area contributed by atoms with E-state index in [1.165, 1.54) is 11.9 Å². The summed E-state index contributed by atoms with van der Waals surface area (Å²) < 4.78 is 0. The zero-order valence-electron chi connectivity index (χ0n) is 11.5. The maximum absolute atomic E-state index is 11.9. The van der Waals surface area contributed by atoms with Gasteiger partial charge in [0.1, 0.15) is 6.04 Å². The minimum absolute atomic E-state index is 0.127. The predicted molar refractivity (Wildman–Crippen MR) is 69.8 cm³/mol. The molecule has 0 aromatic rings. The molecule has 1 rings (SSSR count). The van der Waals surface area contributed by atoms with Crippen LogP contribution < -0.4 is 11.1 Å². The fourth-order valence-corrected chi connectivity index (χ4v) is 2.37. The number of amides is 3. The molecule has 0 aromatic carbocycles. The van der Waals surface area contributed by atoms with Gasteiger partial charge in [0.15, 0.2) is 0 Å². The first-order valence-electron chi connectivity index (χ1n) is 6.49. The smallest absolute Gasteiger partial charge is 0.326 e. The maximum Gasteiger partial charge on any atom is 0.326 e. The second-order valence-electron chi connectivity index (χ2n) is 5.30. The summed E-state index contributed by atoms with van der Waals surface area (Å²) in [7, 11) is 1.47. The number of urea groups is 1. The van der Waals surface area contributed by atoms with Crippen molar-refractivity contribution in [2.45, 2.75) is 43.7 Å². The largest absolute Gasteiger partial charge is 0.480 e. The molecule has 0 unspecified atom stereocenters. The van der Waals surface area contributed by atoms with Crippen molar-refractivity contribution >= 4 is 17.9 Å². The van der Waals surface area contributed by atoms with Gasteiger partial charge >= 0.3 is 12.0 Å². The van der Waals surface area contributed by atoms with Crippen LogP contribution in [0.4, 0.5) is 4.79 Å². The number of aliphatic carboxylic acids is 1. The standard InChI is InChI=1S/C12H21N3O5/c1-15(7-12(20)4-2-3-5-12)11(19)14-8(10(17)18)6-9(13)16/h8,20H,2-7H2,1H3,(H2,13,16)(H,14,19)(H,17,18)/t8-/m0/s1. The number of nitrogens with one attached hydrogen (secondary N) is 1. The van der Waals surface area contributed by atoms with Gasteiger partial charge in [-0.15, -0.1) is 0 Å². The molecule has 0 aliphatic heterocycles. The lowest BCUT2D eigenvalue weighted by atomic mass is 10.0. The van der Waals surface area contributed by atoms with Crippen LogP contribution in [-0.4, -0.2) is 58.3 Å². The van der Waals surface area contributed by atoms with Crippen molar-refractivity contribution in [3.05, 3.63) is 0 Å². The lowest BCUT2D eigenvalue weighted by Gasteiger charge is -2.29. The van der Waals surface area contributed by atoms with Gasteiger partial charge in [0, 0.05) is 7.05 Å². The molecule has 1 aliphatic carbocycles. The Hall–Kier alpha value is -1.83. The van der Waals surface area contributed by atoms with Crippen molar-refractivity contribution < 1.29 is 24.6 Å². The highest BCUT2D eigenvalue weighted by molar-refractivity contribution is 5.87. The summed E-state index contributed by atoms with van der Waals surface area (Å²) in [5.74, 6) is -2.14. The van der Waals surface area contributed by atoms with Gasteiger partial charge in [-0.1, -0.05) is 12.8 Å². The molecular formula is C12H21N3O5. The zero-order valence-corrected chi connectivity index (χ0v) is 11.5. The van der Waals surface area contributed by atoms with E-state index in [0.29, 0.717) is 12.8 Å². The molecule has 0 aromatic heterocycles. The second kappa shape index (κ2) is 6.56. The highest BCUT2D eigenvalue weighted by Crippen LogP contribution is 2.29. The Morgan fingerprint density at radius 3 is 2.35 bits per heavy atom. The minimum Gasteiger partial charge on any atom is -0.480 e. The number of carbonyl (C=O) groups excluding carboxylic acids is 2. The summed E-state index contributed by atoms with van der Waals surface area (Å²) in [6, 6.07) is -2.01. The van der Waals surface area contributed by atoms with Gasteiger partial charge in [0.2, 0.25) is 5.91 Å². The minimum atomic E-state index is -1.36. The van der Waals surface area contributed by atoms with Gasteiger partial charge in [-0.3, -0.25) is 4.79 Å². The van der Waals surface area contributed by atoms with Crippen LogP contribution >= 0.6 is 0 Å². The molecule has 1 fully saturated rings. The normalized spacial score (nSPS) is 18.3. The van der Waals surface area contributed by atoms with E-state index in [4.69, 9.17) is 10.8 Å². The molecular weight excluding hydrogens is 266 g/mol. The van der Waals surface area contributed by atoms with Gasteiger partial charge < -0.3 is 26.2 Å². The number of nitrogens with two attached hydrogens (primary N) is 1. The second-order valence-corrected chi connectivity index (χ2v) is 5.30. The lowest BCUT2D eigenvalue weighted by molar-refractivity contribution is -0.140. The third kappa shape index (κ3) is 4.69. The first kappa shape index (κ1) is 16.2. The molecule has 0 saturated heterocycles. The molecule has 114 valence electrons. The summed E-state index contributed by atoms with van der Waals surface area (Å²) in [5, 5.41) is 21.3. The average molecular weight is 287 g/mol. The van der Waals surface area contributed by atoms with Crippen molar-refractivity contribution in [2.24, 2.45) is 5.73 Å². The van der Waals surface area contributed by atoms with E-state index in [0.717, 1.165) is 12.8 Å². The van der Waals surface area contributed by atoms with Crippen LogP contribution in [0.2, 0.25) is 0 Å². The molecule has 0 spiro atoms. The number of carboxylic acids is 1. The number of hydrogen-bond donors (Lipinski definition) is 4. The fourth-order valence-electron chi connectivity index (χ4n) is 2.37. The molecule has 3 amide bonds. The van der Waals surface area contributed by atoms with E-state index in [-0.39, 0.29) is 6.54 Å². The Bertz CT molecular complexity index is 393. The summed E-state index contributed by atoms with van der Waals surface area (Å²) in [4.78, 5) is 34.7. The van der Waals surface area contributed by atoms with E-state index >= 15 is 0 Å². The Morgan fingerprint density at radius 2 is 1.90 bits per heavy atom. The van der Waals surface area contributed by atoms with Gasteiger partial charge in [0.05, 0.1) is 18.6 Å². The number of hydrogen-bond acceptors (Lipinski definition) is 4. The Kier molecular flexibility index (Phi) is 5.32. The SMILES string of the molecule is CN(CC1(O)CCCC1)C(=O)N[C@@H](CC(N)=O)C(=O)O. The third-order valence-electron chi connectivity index (χ3n) is 3.41. The highest BCUT2D eigenvalue weighted by Gasteiger charge is 2.34. The van der Waals surface area contributed by atoms with Gasteiger partial charge in [-0.2, -0.15) is 0 Å². The summed E-state index contributed by atoms with van der Waals surface area (Å²) in [6.45, 7) is 0.127. The first-order valence-corrected chi connectivity index (χ1v) is 6.49. The molecule has 0 radical (unpaired) electrons. The van der Waals surface area contributed by atoms with Crippen LogP contribution in [0, 0.1) is 0 Å². The number of likely N-dealkylation sites (N-methyl/N-ethyl adjacent to an activating group) is 1. The number of primary amides is 1. The van der Waals surface area contributed by atoms with Crippen LogP contribution in [0.5, 0.6) is 0 Å². The van der Waals surface area contributed by atoms with Crippen molar-refractivity contribution in [3.8, 4) is 0 Å². The van der Waals surface area contributed by atoms with Crippen molar-refractivity contribution in [2.75, 3.05) is 13.6 Å². The molecule has 8 heteroatoms. The summed E-state index contributed by atoms with van der Waals surface area (Å²) >= 11 is 0. The number of carboxylic acid groups (broad SMARTS) is 1. The van der Waals surface area contributed by atoms with E-state index in [9.17, 15) is 19.5 Å². The van der Waals surface area contributed by atoms with Crippen LogP contribution in [-0.2, 0) is 9.59 Å². The van der Waals surface area contributed by atoms with E-state index < -0.39 is 36.0 Å². The number of aliphatic hydroxyl groups is 1. The molecule has 1 saturated carbocycles. The van der Waals surface area contributed by atoms with Gasteiger partial charge in [-0.05, 0) is 12.8 Å². The summed E-state index contributed by atoms with van der Waals surface area (Å²) in [6.07, 6.45) is 2.58. The molecule has 0 bridgehead atoms. The maximum atomic E-state index is 11.9. The van der Waals surface area contributed by atoms with Crippen LogP contribution in [0.3, 0.4) is 0 Å².